The number of aliphatic hydroxyl groups is 1. The van der Waals surface area contributed by atoms with Crippen LogP contribution in [-0.2, 0) is 6.42 Å². The number of hydrogen-bond acceptors (Lipinski definition) is 4. The van der Waals surface area contributed by atoms with Gasteiger partial charge in [-0.1, -0.05) is 42.1 Å². The fourth-order valence-corrected chi connectivity index (χ4v) is 3.30. The highest BCUT2D eigenvalue weighted by Crippen LogP contribution is 2.37. The van der Waals surface area contributed by atoms with Gasteiger partial charge in [0.25, 0.3) is 0 Å². The molecule has 3 nitrogen and oxygen atoms in total. The third-order valence-electron chi connectivity index (χ3n) is 3.97. The molecule has 1 aliphatic carbocycles. The van der Waals surface area contributed by atoms with Gasteiger partial charge < -0.3 is 5.11 Å². The zero-order valence-electron chi connectivity index (χ0n) is 11.0. The van der Waals surface area contributed by atoms with Crippen LogP contribution in [0.25, 0.3) is 0 Å². The molecule has 1 aromatic carbocycles. The van der Waals surface area contributed by atoms with E-state index in [0.717, 1.165) is 22.6 Å². The van der Waals surface area contributed by atoms with Crippen LogP contribution in [0.2, 0.25) is 0 Å². The zero-order chi connectivity index (χ0) is 13.2. The lowest BCUT2D eigenvalue weighted by atomic mass is 9.79. The van der Waals surface area contributed by atoms with Crippen molar-refractivity contribution in [1.29, 1.82) is 0 Å². The summed E-state index contributed by atoms with van der Waals surface area (Å²) < 4.78 is 3.96. The molecule has 1 aliphatic rings. The van der Waals surface area contributed by atoms with Crippen LogP contribution in [0.5, 0.6) is 0 Å². The molecule has 1 fully saturated rings. The lowest BCUT2D eigenvalue weighted by molar-refractivity contribution is 0.222. The third-order valence-corrected chi connectivity index (χ3v) is 4.79. The van der Waals surface area contributed by atoms with Crippen molar-refractivity contribution in [2.24, 2.45) is 0 Å². The van der Waals surface area contributed by atoms with Crippen LogP contribution >= 0.6 is 11.5 Å². The van der Waals surface area contributed by atoms with Gasteiger partial charge in [0.1, 0.15) is 6.10 Å². The number of benzene rings is 1. The Kier molecular flexibility index (Phi) is 3.62. The van der Waals surface area contributed by atoms with E-state index in [0.29, 0.717) is 5.92 Å². The van der Waals surface area contributed by atoms with Gasteiger partial charge in [-0.3, -0.25) is 0 Å². The summed E-state index contributed by atoms with van der Waals surface area (Å²) in [7, 11) is 0. The summed E-state index contributed by atoms with van der Waals surface area (Å²) >= 11 is 1.30. The highest BCUT2D eigenvalue weighted by atomic mass is 32.1. The second-order valence-electron chi connectivity index (χ2n) is 5.14. The van der Waals surface area contributed by atoms with Crippen LogP contribution in [0, 0.1) is 0 Å². The number of hydrogen-bond donors (Lipinski definition) is 1. The van der Waals surface area contributed by atoms with E-state index in [9.17, 15) is 5.11 Å². The summed E-state index contributed by atoms with van der Waals surface area (Å²) in [6.45, 7) is 2.04. The van der Waals surface area contributed by atoms with Gasteiger partial charge in [-0.05, 0) is 47.8 Å². The smallest absolute Gasteiger partial charge is 0.117 e. The van der Waals surface area contributed by atoms with Crippen LogP contribution in [0.3, 0.4) is 0 Å². The van der Waals surface area contributed by atoms with Crippen LogP contribution in [-0.4, -0.2) is 14.7 Å². The molecule has 0 radical (unpaired) electrons. The summed E-state index contributed by atoms with van der Waals surface area (Å²) in [5.41, 5.74) is 3.23. The van der Waals surface area contributed by atoms with E-state index in [1.165, 1.54) is 36.4 Å². The van der Waals surface area contributed by atoms with E-state index in [4.69, 9.17) is 0 Å². The van der Waals surface area contributed by atoms with Crippen molar-refractivity contribution in [1.82, 2.24) is 9.59 Å². The van der Waals surface area contributed by atoms with Gasteiger partial charge in [-0.2, -0.15) is 0 Å². The minimum Gasteiger partial charge on any atom is -0.383 e. The average molecular weight is 274 g/mol. The molecule has 0 spiro atoms. The fraction of sp³-hybridized carbons (Fsp3) is 0.467. The summed E-state index contributed by atoms with van der Waals surface area (Å²) in [5.74, 6) is 0.692. The normalized spacial score (nSPS) is 17.2. The molecular weight excluding hydrogens is 256 g/mol. The minimum atomic E-state index is -0.588. The standard InChI is InChI=1S/C15H18N2OS/c1-2-13-15(19-17-16-13)14(18)12-8-4-7-11(9-12)10-5-3-6-10/h4,7-10,14,18H,2-3,5-6H2,1H3. The van der Waals surface area contributed by atoms with Crippen molar-refractivity contribution in [3.8, 4) is 0 Å². The van der Waals surface area contributed by atoms with Gasteiger partial charge in [0.05, 0.1) is 10.6 Å². The Morgan fingerprint density at radius 2 is 2.26 bits per heavy atom. The lowest BCUT2D eigenvalue weighted by Crippen LogP contribution is -2.09. The molecule has 1 saturated carbocycles. The molecule has 0 saturated heterocycles. The van der Waals surface area contributed by atoms with Crippen molar-refractivity contribution >= 4 is 11.5 Å². The van der Waals surface area contributed by atoms with E-state index in [2.05, 4.69) is 21.7 Å². The molecule has 0 amide bonds. The van der Waals surface area contributed by atoms with Crippen molar-refractivity contribution in [2.75, 3.05) is 0 Å². The highest BCUT2D eigenvalue weighted by molar-refractivity contribution is 7.05. The van der Waals surface area contributed by atoms with Gasteiger partial charge in [0, 0.05) is 0 Å². The molecule has 1 aromatic heterocycles. The Morgan fingerprint density at radius 3 is 2.95 bits per heavy atom. The SMILES string of the molecule is CCc1nnsc1C(O)c1cccc(C2CCC2)c1. The minimum absolute atomic E-state index is 0.588. The Labute approximate surface area is 117 Å². The molecular formula is C15H18N2OS. The molecule has 0 bridgehead atoms. The maximum absolute atomic E-state index is 10.5. The van der Waals surface area contributed by atoms with Gasteiger partial charge in [0.15, 0.2) is 0 Å². The van der Waals surface area contributed by atoms with E-state index < -0.39 is 6.10 Å². The largest absolute Gasteiger partial charge is 0.383 e. The van der Waals surface area contributed by atoms with E-state index in [1.54, 1.807) is 0 Å². The molecule has 19 heavy (non-hydrogen) atoms. The summed E-state index contributed by atoms with van der Waals surface area (Å²) in [6.07, 6.45) is 4.11. The maximum Gasteiger partial charge on any atom is 0.117 e. The maximum atomic E-state index is 10.5. The van der Waals surface area contributed by atoms with E-state index in [-0.39, 0.29) is 0 Å². The molecule has 1 atom stereocenters. The Morgan fingerprint density at radius 1 is 1.42 bits per heavy atom. The lowest BCUT2D eigenvalue weighted by Gasteiger charge is -2.26. The van der Waals surface area contributed by atoms with E-state index in [1.807, 2.05) is 19.1 Å². The first-order chi connectivity index (χ1) is 9.29. The molecule has 100 valence electrons. The van der Waals surface area contributed by atoms with Crippen LogP contribution < -0.4 is 0 Å². The number of rotatable bonds is 4. The zero-order valence-corrected chi connectivity index (χ0v) is 11.9. The molecule has 4 heteroatoms. The first-order valence-electron chi connectivity index (χ1n) is 6.88. The average Bonchev–Trinajstić information content (AvgIpc) is 2.84. The van der Waals surface area contributed by atoms with Crippen molar-refractivity contribution in [3.63, 3.8) is 0 Å². The second-order valence-corrected chi connectivity index (χ2v) is 5.92. The highest BCUT2D eigenvalue weighted by Gasteiger charge is 2.22. The number of aromatic nitrogens is 2. The number of aryl methyl sites for hydroxylation is 1. The van der Waals surface area contributed by atoms with Gasteiger partial charge >= 0.3 is 0 Å². The topological polar surface area (TPSA) is 46.0 Å². The molecule has 1 heterocycles. The predicted octanol–water partition coefficient (Wildman–Crippen LogP) is 3.45. The van der Waals surface area contributed by atoms with Crippen LogP contribution in [0.15, 0.2) is 24.3 Å². The van der Waals surface area contributed by atoms with Crippen LogP contribution in [0.1, 0.15) is 59.9 Å². The first kappa shape index (κ1) is 12.8. The van der Waals surface area contributed by atoms with Crippen molar-refractivity contribution in [3.05, 3.63) is 46.0 Å². The second kappa shape index (κ2) is 5.39. The first-order valence-corrected chi connectivity index (χ1v) is 7.66. The molecule has 1 unspecified atom stereocenters. The summed E-state index contributed by atoms with van der Waals surface area (Å²) in [4.78, 5) is 0.883. The van der Waals surface area contributed by atoms with Gasteiger partial charge in [-0.25, -0.2) is 0 Å². The molecule has 2 aromatic rings. The Hall–Kier alpha value is -1.26. The molecule has 3 rings (SSSR count). The van der Waals surface area contributed by atoms with Crippen molar-refractivity contribution in [2.45, 2.75) is 44.6 Å². The quantitative estimate of drug-likeness (QED) is 0.929. The monoisotopic (exact) mass is 274 g/mol. The third kappa shape index (κ3) is 2.42. The van der Waals surface area contributed by atoms with Crippen molar-refractivity contribution < 1.29 is 5.11 Å². The Bertz CT molecular complexity index is 563. The van der Waals surface area contributed by atoms with Gasteiger partial charge in [0.2, 0.25) is 0 Å². The van der Waals surface area contributed by atoms with Crippen LogP contribution in [0.4, 0.5) is 0 Å². The number of nitrogens with zero attached hydrogens (tertiary/aromatic N) is 2. The fourth-order valence-electron chi connectivity index (χ4n) is 2.54. The van der Waals surface area contributed by atoms with E-state index >= 15 is 0 Å². The predicted molar refractivity (Wildman–Crippen MR) is 76.4 cm³/mol. The van der Waals surface area contributed by atoms with Gasteiger partial charge in [-0.15, -0.1) is 5.10 Å². The molecule has 1 N–H and O–H groups in total. The summed E-state index contributed by atoms with van der Waals surface area (Å²) in [6, 6.07) is 8.36. The Balaban J connectivity index is 1.88. The number of aliphatic hydroxyl groups excluding tert-OH is 1. The summed E-state index contributed by atoms with van der Waals surface area (Å²) in [5, 5.41) is 14.6. The molecule has 0 aliphatic heterocycles.